The summed E-state index contributed by atoms with van der Waals surface area (Å²) in [6, 6.07) is 3.74. The van der Waals surface area contributed by atoms with Gasteiger partial charge in [-0.25, -0.2) is 0 Å². The summed E-state index contributed by atoms with van der Waals surface area (Å²) in [5, 5.41) is 2.89. The molecule has 0 saturated carbocycles. The first-order valence-corrected chi connectivity index (χ1v) is 8.22. The molecule has 5 nitrogen and oxygen atoms in total. The van der Waals surface area contributed by atoms with Gasteiger partial charge in [-0.1, -0.05) is 6.42 Å². The van der Waals surface area contributed by atoms with Gasteiger partial charge in [0.25, 0.3) is 0 Å². The molecule has 0 spiro atoms. The van der Waals surface area contributed by atoms with Crippen LogP contribution in [0.2, 0.25) is 0 Å². The third-order valence-corrected chi connectivity index (χ3v) is 4.69. The van der Waals surface area contributed by atoms with Gasteiger partial charge in [0.15, 0.2) is 0 Å². The summed E-state index contributed by atoms with van der Waals surface area (Å²) >= 11 is 0. The first kappa shape index (κ1) is 15.0. The number of likely N-dealkylation sites (tertiary alicyclic amines) is 1. The lowest BCUT2D eigenvalue weighted by atomic mass is 9.91. The molecule has 2 fully saturated rings. The fourth-order valence-corrected chi connectivity index (χ4v) is 3.46. The lowest BCUT2D eigenvalue weighted by Crippen LogP contribution is -2.50. The molecule has 0 aromatic carbocycles. The van der Waals surface area contributed by atoms with Crippen molar-refractivity contribution in [3.05, 3.63) is 30.1 Å². The number of aromatic nitrogens is 1. The molecule has 22 heavy (non-hydrogen) atoms. The Labute approximate surface area is 131 Å². The van der Waals surface area contributed by atoms with E-state index < -0.39 is 0 Å². The zero-order valence-electron chi connectivity index (χ0n) is 12.8. The van der Waals surface area contributed by atoms with Crippen molar-refractivity contribution in [3.8, 4) is 0 Å². The van der Waals surface area contributed by atoms with Crippen LogP contribution in [0.1, 0.15) is 50.0 Å². The molecule has 0 unspecified atom stereocenters. The van der Waals surface area contributed by atoms with Gasteiger partial charge in [0.2, 0.25) is 11.8 Å². The largest absolute Gasteiger partial charge is 0.344 e. The maximum atomic E-state index is 12.7. The van der Waals surface area contributed by atoms with Crippen LogP contribution >= 0.6 is 0 Å². The third-order valence-electron chi connectivity index (χ3n) is 4.69. The Bertz CT molecular complexity index is 532. The van der Waals surface area contributed by atoms with Crippen LogP contribution in [-0.2, 0) is 9.59 Å². The van der Waals surface area contributed by atoms with Gasteiger partial charge >= 0.3 is 0 Å². The van der Waals surface area contributed by atoms with Crippen molar-refractivity contribution in [2.45, 2.75) is 50.5 Å². The van der Waals surface area contributed by atoms with Crippen molar-refractivity contribution >= 4 is 11.8 Å². The van der Waals surface area contributed by atoms with Crippen LogP contribution in [0.4, 0.5) is 0 Å². The lowest BCUT2D eigenvalue weighted by Gasteiger charge is -2.35. The van der Waals surface area contributed by atoms with E-state index in [0.29, 0.717) is 12.3 Å². The van der Waals surface area contributed by atoms with Crippen LogP contribution < -0.4 is 5.32 Å². The van der Waals surface area contributed by atoms with E-state index >= 15 is 0 Å². The number of pyridine rings is 1. The van der Waals surface area contributed by atoms with Crippen molar-refractivity contribution in [2.24, 2.45) is 0 Å². The Balaban J connectivity index is 1.66. The number of nitrogens with one attached hydrogen (secondary N) is 1. The molecule has 2 aliphatic rings. The highest BCUT2D eigenvalue weighted by molar-refractivity contribution is 5.88. The number of nitrogens with zero attached hydrogens (tertiary/aromatic N) is 2. The van der Waals surface area contributed by atoms with Gasteiger partial charge in [-0.2, -0.15) is 0 Å². The number of hydrogen-bond donors (Lipinski definition) is 1. The quantitative estimate of drug-likeness (QED) is 0.906. The Morgan fingerprint density at radius 2 is 2.00 bits per heavy atom. The summed E-state index contributed by atoms with van der Waals surface area (Å²) in [7, 11) is 0. The molecule has 0 radical (unpaired) electrons. The number of piperidine rings is 1. The summed E-state index contributed by atoms with van der Waals surface area (Å²) < 4.78 is 0. The van der Waals surface area contributed by atoms with Crippen LogP contribution in [0.5, 0.6) is 0 Å². The fraction of sp³-hybridized carbons (Fsp3) is 0.588. The van der Waals surface area contributed by atoms with E-state index in [9.17, 15) is 9.59 Å². The molecule has 1 aromatic rings. The van der Waals surface area contributed by atoms with E-state index in [1.165, 1.54) is 5.56 Å². The molecular weight excluding hydrogens is 278 g/mol. The van der Waals surface area contributed by atoms with Crippen molar-refractivity contribution in [1.82, 2.24) is 15.2 Å². The molecule has 3 heterocycles. The highest BCUT2D eigenvalue weighted by Gasteiger charge is 2.31. The van der Waals surface area contributed by atoms with Crippen LogP contribution in [0.3, 0.4) is 0 Å². The molecule has 1 N–H and O–H groups in total. The maximum Gasteiger partial charge on any atom is 0.245 e. The predicted octanol–water partition coefficient (Wildman–Crippen LogP) is 1.85. The van der Waals surface area contributed by atoms with Gasteiger partial charge in [0.1, 0.15) is 6.04 Å². The second kappa shape index (κ2) is 6.90. The molecule has 1 aromatic heterocycles. The van der Waals surface area contributed by atoms with Crippen LogP contribution in [0, 0.1) is 0 Å². The second-order valence-electron chi connectivity index (χ2n) is 6.27. The molecule has 0 aliphatic carbocycles. The van der Waals surface area contributed by atoms with Gasteiger partial charge in [-0.3, -0.25) is 14.6 Å². The molecule has 2 amide bonds. The molecule has 118 valence electrons. The number of hydrogen-bond acceptors (Lipinski definition) is 3. The smallest absolute Gasteiger partial charge is 0.245 e. The topological polar surface area (TPSA) is 62.3 Å². The molecule has 0 bridgehead atoms. The van der Waals surface area contributed by atoms with E-state index in [4.69, 9.17) is 0 Å². The van der Waals surface area contributed by atoms with E-state index in [-0.39, 0.29) is 17.9 Å². The van der Waals surface area contributed by atoms with Gasteiger partial charge in [-0.15, -0.1) is 0 Å². The zero-order chi connectivity index (χ0) is 15.4. The Hall–Kier alpha value is -1.91. The zero-order valence-corrected chi connectivity index (χ0v) is 12.8. The average Bonchev–Trinajstić information content (AvgIpc) is 2.79. The van der Waals surface area contributed by atoms with Crippen molar-refractivity contribution in [3.63, 3.8) is 0 Å². The lowest BCUT2D eigenvalue weighted by molar-refractivity contribution is -0.137. The molecule has 2 atom stereocenters. The van der Waals surface area contributed by atoms with Crippen molar-refractivity contribution < 1.29 is 9.59 Å². The molecule has 3 rings (SSSR count). The number of carbonyl (C=O) groups is 2. The Kier molecular flexibility index (Phi) is 4.71. The summed E-state index contributed by atoms with van der Waals surface area (Å²) in [5.41, 5.74) is 1.25. The summed E-state index contributed by atoms with van der Waals surface area (Å²) in [5.74, 6) is 0.481. The summed E-state index contributed by atoms with van der Waals surface area (Å²) in [6.45, 7) is 1.54. The molecular formula is C17H23N3O2. The normalized spacial score (nSPS) is 26.2. The summed E-state index contributed by atoms with van der Waals surface area (Å²) in [4.78, 5) is 30.4. The van der Waals surface area contributed by atoms with Crippen LogP contribution in [-0.4, -0.2) is 40.8 Å². The highest BCUT2D eigenvalue weighted by Crippen LogP contribution is 2.27. The van der Waals surface area contributed by atoms with Crippen LogP contribution in [0.25, 0.3) is 0 Å². The van der Waals surface area contributed by atoms with E-state index in [1.54, 1.807) is 0 Å². The van der Waals surface area contributed by atoms with E-state index in [0.717, 1.165) is 45.2 Å². The standard InChI is InChI=1S/C17H23N3O2/c21-16-6-2-1-5-15(19-16)17(22)20-11-3-4-14(12-20)13-7-9-18-10-8-13/h7-10,14-15H,1-6,11-12H2,(H,19,21)/t14-,15+/m1/s1. The second-order valence-corrected chi connectivity index (χ2v) is 6.27. The SMILES string of the molecule is O=C1CCCC[C@@H](C(=O)N2CCC[C@@H](c3ccncc3)C2)N1. The number of carbonyl (C=O) groups excluding carboxylic acids is 2. The minimum atomic E-state index is -0.328. The predicted molar refractivity (Wildman–Crippen MR) is 83.2 cm³/mol. The molecule has 5 heteroatoms. The molecule has 2 saturated heterocycles. The molecule has 2 aliphatic heterocycles. The van der Waals surface area contributed by atoms with Gasteiger partial charge in [0, 0.05) is 37.8 Å². The fourth-order valence-electron chi connectivity index (χ4n) is 3.46. The Morgan fingerprint density at radius 3 is 2.82 bits per heavy atom. The van der Waals surface area contributed by atoms with E-state index in [2.05, 4.69) is 10.3 Å². The summed E-state index contributed by atoms with van der Waals surface area (Å²) in [6.07, 6.45) is 8.86. The van der Waals surface area contributed by atoms with Crippen molar-refractivity contribution in [2.75, 3.05) is 13.1 Å². The van der Waals surface area contributed by atoms with Crippen molar-refractivity contribution in [1.29, 1.82) is 0 Å². The van der Waals surface area contributed by atoms with Crippen LogP contribution in [0.15, 0.2) is 24.5 Å². The highest BCUT2D eigenvalue weighted by atomic mass is 16.2. The number of rotatable bonds is 2. The Morgan fingerprint density at radius 1 is 1.18 bits per heavy atom. The van der Waals surface area contributed by atoms with E-state index in [1.807, 2.05) is 29.4 Å². The first-order valence-electron chi connectivity index (χ1n) is 8.22. The minimum Gasteiger partial charge on any atom is -0.344 e. The van der Waals surface area contributed by atoms with Gasteiger partial charge in [0.05, 0.1) is 0 Å². The third kappa shape index (κ3) is 3.46. The van der Waals surface area contributed by atoms with Gasteiger partial charge in [-0.05, 0) is 43.4 Å². The maximum absolute atomic E-state index is 12.7. The number of amides is 2. The monoisotopic (exact) mass is 301 g/mol. The van der Waals surface area contributed by atoms with Gasteiger partial charge < -0.3 is 10.2 Å². The first-order chi connectivity index (χ1) is 10.7. The minimum absolute atomic E-state index is 0.0125. The average molecular weight is 301 g/mol.